The van der Waals surface area contributed by atoms with Gasteiger partial charge < -0.3 is 21.8 Å². The van der Waals surface area contributed by atoms with E-state index in [0.717, 1.165) is 22.8 Å². The maximum atomic E-state index is 13.5. The van der Waals surface area contributed by atoms with Crippen LogP contribution >= 0.6 is 11.8 Å². The van der Waals surface area contributed by atoms with E-state index in [1.165, 1.54) is 18.3 Å². The molecule has 0 aliphatic rings. The predicted octanol–water partition coefficient (Wildman–Crippen LogP) is 2.86. The van der Waals surface area contributed by atoms with Gasteiger partial charge >= 0.3 is 0 Å². The summed E-state index contributed by atoms with van der Waals surface area (Å²) < 4.78 is 13.5. The standard InChI is InChI=1S/C21H17FN6O2S/c22-12-5-6-15-14(7-12)11(8-25-15)9-27-21(30)18-19(23)26-10-17(28-18)31-16-4-2-1-3-13(16)20(24)29/h1-8,10,25H,9H2,(H2,23,26)(H2,24,29)(H,27,30). The lowest BCUT2D eigenvalue weighted by Crippen LogP contribution is -2.25. The van der Waals surface area contributed by atoms with Gasteiger partial charge in [-0.25, -0.2) is 14.4 Å². The Labute approximate surface area is 180 Å². The molecule has 0 saturated heterocycles. The second-order valence-electron chi connectivity index (χ2n) is 6.59. The Balaban J connectivity index is 1.53. The van der Waals surface area contributed by atoms with Crippen molar-refractivity contribution in [3.63, 3.8) is 0 Å². The number of rotatable bonds is 6. The number of anilines is 1. The topological polar surface area (TPSA) is 140 Å². The highest BCUT2D eigenvalue weighted by atomic mass is 32.2. The Morgan fingerprint density at radius 1 is 1.19 bits per heavy atom. The van der Waals surface area contributed by atoms with Gasteiger partial charge in [-0.2, -0.15) is 0 Å². The van der Waals surface area contributed by atoms with E-state index in [4.69, 9.17) is 11.5 Å². The van der Waals surface area contributed by atoms with Crippen LogP contribution in [0.4, 0.5) is 10.2 Å². The minimum atomic E-state index is -0.570. The molecule has 0 fully saturated rings. The van der Waals surface area contributed by atoms with Crippen molar-refractivity contribution in [2.75, 3.05) is 5.73 Å². The first kappa shape index (κ1) is 20.4. The molecule has 0 aliphatic heterocycles. The molecule has 2 aromatic heterocycles. The minimum absolute atomic E-state index is 0.0324. The van der Waals surface area contributed by atoms with Crippen LogP contribution in [0.2, 0.25) is 0 Å². The Hall–Kier alpha value is -3.92. The number of aromatic amines is 1. The van der Waals surface area contributed by atoms with Crippen LogP contribution in [-0.4, -0.2) is 26.8 Å². The van der Waals surface area contributed by atoms with Crippen molar-refractivity contribution in [1.82, 2.24) is 20.3 Å². The Morgan fingerprint density at radius 3 is 2.81 bits per heavy atom. The molecule has 0 saturated carbocycles. The lowest BCUT2D eigenvalue weighted by atomic mass is 10.1. The normalized spacial score (nSPS) is 10.9. The van der Waals surface area contributed by atoms with Gasteiger partial charge in [-0.3, -0.25) is 9.59 Å². The highest BCUT2D eigenvalue weighted by Crippen LogP contribution is 2.29. The fourth-order valence-electron chi connectivity index (χ4n) is 3.03. The quantitative estimate of drug-likeness (QED) is 0.366. The number of nitrogens with two attached hydrogens (primary N) is 2. The van der Waals surface area contributed by atoms with Crippen molar-refractivity contribution < 1.29 is 14.0 Å². The molecule has 2 amide bonds. The summed E-state index contributed by atoms with van der Waals surface area (Å²) in [6.07, 6.45) is 3.11. The molecule has 4 aromatic rings. The van der Waals surface area contributed by atoms with E-state index < -0.39 is 11.8 Å². The molecule has 10 heteroatoms. The van der Waals surface area contributed by atoms with Gasteiger partial charge in [-0.05, 0) is 35.9 Å². The average Bonchev–Trinajstić information content (AvgIpc) is 3.15. The number of fused-ring (bicyclic) bond motifs is 1. The molecule has 6 N–H and O–H groups in total. The van der Waals surface area contributed by atoms with Gasteiger partial charge in [0.15, 0.2) is 11.5 Å². The number of nitrogen functional groups attached to an aromatic ring is 1. The van der Waals surface area contributed by atoms with Crippen molar-refractivity contribution in [2.24, 2.45) is 5.73 Å². The summed E-state index contributed by atoms with van der Waals surface area (Å²) in [7, 11) is 0. The third kappa shape index (κ3) is 4.33. The Kier molecular flexibility index (Phi) is 5.54. The van der Waals surface area contributed by atoms with E-state index in [-0.39, 0.29) is 23.9 Å². The van der Waals surface area contributed by atoms with Crippen molar-refractivity contribution in [3.8, 4) is 0 Å². The first-order chi connectivity index (χ1) is 14.9. The summed E-state index contributed by atoms with van der Waals surface area (Å²) in [6.45, 7) is 0.144. The minimum Gasteiger partial charge on any atom is -0.382 e. The van der Waals surface area contributed by atoms with Gasteiger partial charge in [0.25, 0.3) is 5.91 Å². The number of amides is 2. The summed E-state index contributed by atoms with van der Waals surface area (Å²) in [6, 6.07) is 11.2. The SMILES string of the molecule is NC(=O)c1ccccc1Sc1cnc(N)c(C(=O)NCc2c[nH]c3ccc(F)cc23)n1. The van der Waals surface area contributed by atoms with E-state index in [9.17, 15) is 14.0 Å². The summed E-state index contributed by atoms with van der Waals surface area (Å²) in [4.78, 5) is 36.2. The molecule has 0 bridgehead atoms. The number of primary amides is 1. The maximum absolute atomic E-state index is 13.5. The zero-order valence-corrected chi connectivity index (χ0v) is 16.9. The van der Waals surface area contributed by atoms with Gasteiger partial charge in [0.1, 0.15) is 10.8 Å². The number of carbonyl (C=O) groups excluding carboxylic acids is 2. The van der Waals surface area contributed by atoms with Crippen LogP contribution in [0.25, 0.3) is 10.9 Å². The first-order valence-electron chi connectivity index (χ1n) is 9.15. The predicted molar refractivity (Wildman–Crippen MR) is 115 cm³/mol. The van der Waals surface area contributed by atoms with Gasteiger partial charge in [-0.1, -0.05) is 23.9 Å². The number of nitrogens with zero attached hydrogens (tertiary/aromatic N) is 2. The molecule has 2 heterocycles. The molecule has 8 nitrogen and oxygen atoms in total. The van der Waals surface area contributed by atoms with Crippen molar-refractivity contribution >= 4 is 40.3 Å². The highest BCUT2D eigenvalue weighted by molar-refractivity contribution is 7.99. The van der Waals surface area contributed by atoms with Crippen LogP contribution in [0.15, 0.2) is 64.8 Å². The zero-order chi connectivity index (χ0) is 22.0. The summed E-state index contributed by atoms with van der Waals surface area (Å²) >= 11 is 1.15. The van der Waals surface area contributed by atoms with Crippen LogP contribution in [0.3, 0.4) is 0 Å². The number of halogens is 1. The van der Waals surface area contributed by atoms with E-state index in [1.54, 1.807) is 36.5 Å². The van der Waals surface area contributed by atoms with E-state index in [1.807, 2.05) is 0 Å². The number of hydrogen-bond donors (Lipinski definition) is 4. The second kappa shape index (κ2) is 8.44. The van der Waals surface area contributed by atoms with Gasteiger partial charge in [0.2, 0.25) is 5.91 Å². The molecular formula is C21H17FN6O2S. The molecule has 0 unspecified atom stereocenters. The smallest absolute Gasteiger partial charge is 0.274 e. The fourth-order valence-corrected chi connectivity index (χ4v) is 3.92. The molecule has 31 heavy (non-hydrogen) atoms. The zero-order valence-electron chi connectivity index (χ0n) is 16.1. The van der Waals surface area contributed by atoms with E-state index in [2.05, 4.69) is 20.3 Å². The molecule has 0 spiro atoms. The number of H-pyrrole nitrogens is 1. The van der Waals surface area contributed by atoms with Crippen molar-refractivity contribution in [3.05, 3.63) is 77.5 Å². The molecule has 0 aliphatic carbocycles. The van der Waals surface area contributed by atoms with Crippen LogP contribution < -0.4 is 16.8 Å². The molecular weight excluding hydrogens is 419 g/mol. The summed E-state index contributed by atoms with van der Waals surface area (Å²) in [5.74, 6) is -1.49. The van der Waals surface area contributed by atoms with E-state index in [0.29, 0.717) is 20.9 Å². The molecule has 0 radical (unpaired) electrons. The first-order valence-corrected chi connectivity index (χ1v) is 9.97. The summed E-state index contributed by atoms with van der Waals surface area (Å²) in [5, 5.41) is 3.78. The van der Waals surface area contributed by atoms with Gasteiger partial charge in [0, 0.05) is 28.5 Å². The number of hydrogen-bond acceptors (Lipinski definition) is 6. The Morgan fingerprint density at radius 2 is 2.00 bits per heavy atom. The van der Waals surface area contributed by atoms with Crippen LogP contribution in [0.5, 0.6) is 0 Å². The monoisotopic (exact) mass is 436 g/mol. The highest BCUT2D eigenvalue weighted by Gasteiger charge is 2.17. The third-order valence-corrected chi connectivity index (χ3v) is 5.51. The lowest BCUT2D eigenvalue weighted by molar-refractivity contribution is 0.0944. The van der Waals surface area contributed by atoms with Crippen LogP contribution in [0, 0.1) is 5.82 Å². The van der Waals surface area contributed by atoms with Crippen molar-refractivity contribution in [1.29, 1.82) is 0 Å². The number of aromatic nitrogens is 3. The van der Waals surface area contributed by atoms with Crippen molar-refractivity contribution in [2.45, 2.75) is 16.5 Å². The largest absolute Gasteiger partial charge is 0.382 e. The molecule has 156 valence electrons. The molecule has 0 atom stereocenters. The number of benzene rings is 2. The second-order valence-corrected chi connectivity index (χ2v) is 7.65. The average molecular weight is 436 g/mol. The molecule has 4 rings (SSSR count). The Bertz CT molecular complexity index is 1310. The summed E-state index contributed by atoms with van der Waals surface area (Å²) in [5.41, 5.74) is 13.0. The molecule has 2 aromatic carbocycles. The lowest BCUT2D eigenvalue weighted by Gasteiger charge is -2.09. The van der Waals surface area contributed by atoms with Gasteiger partial charge in [0.05, 0.1) is 11.8 Å². The van der Waals surface area contributed by atoms with Crippen LogP contribution in [0.1, 0.15) is 26.4 Å². The fraction of sp³-hybridized carbons (Fsp3) is 0.0476. The van der Waals surface area contributed by atoms with Gasteiger partial charge in [-0.15, -0.1) is 0 Å². The number of nitrogens with one attached hydrogen (secondary N) is 2. The maximum Gasteiger partial charge on any atom is 0.274 e. The number of carbonyl (C=O) groups is 2. The van der Waals surface area contributed by atoms with Crippen LogP contribution in [-0.2, 0) is 6.54 Å². The van der Waals surface area contributed by atoms with E-state index >= 15 is 0 Å². The third-order valence-electron chi connectivity index (χ3n) is 4.53.